The molecule has 3 nitrogen and oxygen atoms in total. The van der Waals surface area contributed by atoms with Gasteiger partial charge >= 0.3 is 0 Å². The lowest BCUT2D eigenvalue weighted by molar-refractivity contribution is -0.127. The molecule has 1 aliphatic carbocycles. The number of hydrogen-bond acceptors (Lipinski definition) is 4. The molecule has 5 rings (SSSR count). The molecule has 2 saturated heterocycles. The Morgan fingerprint density at radius 3 is 2.16 bits per heavy atom. The molecule has 3 aliphatic rings. The number of ether oxygens (including phenoxy) is 1. The smallest absolute Gasteiger partial charge is 0.154 e. The summed E-state index contributed by atoms with van der Waals surface area (Å²) < 4.78 is 6.27. The van der Waals surface area contributed by atoms with Gasteiger partial charge in [-0.15, -0.1) is 11.8 Å². The van der Waals surface area contributed by atoms with Gasteiger partial charge in [-0.25, -0.2) is 0 Å². The van der Waals surface area contributed by atoms with E-state index in [-0.39, 0.29) is 41.5 Å². The summed E-state index contributed by atoms with van der Waals surface area (Å²) in [6.07, 6.45) is 4.29. The van der Waals surface area contributed by atoms with Gasteiger partial charge in [-0.3, -0.25) is 9.59 Å². The van der Waals surface area contributed by atoms with Crippen LogP contribution < -0.4 is 0 Å². The molecule has 2 aromatic rings. The molecule has 0 N–H and O–H groups in total. The van der Waals surface area contributed by atoms with Crippen molar-refractivity contribution in [3.8, 4) is 0 Å². The maximum Gasteiger partial charge on any atom is 0.154 e. The van der Waals surface area contributed by atoms with Crippen LogP contribution in [0.4, 0.5) is 0 Å². The summed E-state index contributed by atoms with van der Waals surface area (Å²) >= 11 is 1.73. The second kappa shape index (κ2) is 7.90. The summed E-state index contributed by atoms with van der Waals surface area (Å²) in [7, 11) is 0. The van der Waals surface area contributed by atoms with Gasteiger partial charge < -0.3 is 4.74 Å². The fourth-order valence-electron chi connectivity index (χ4n) is 6.33. The van der Waals surface area contributed by atoms with Gasteiger partial charge in [-0.05, 0) is 66.8 Å². The Kier molecular flexibility index (Phi) is 5.34. The Balaban J connectivity index is 1.51. The maximum absolute atomic E-state index is 13.8. The molecule has 1 unspecified atom stereocenters. The average Bonchev–Trinajstić information content (AvgIpc) is 3.45. The zero-order valence-electron chi connectivity index (χ0n) is 18.7. The summed E-state index contributed by atoms with van der Waals surface area (Å²) in [6.45, 7) is 6.32. The number of carbonyl (C=O) groups is 2. The van der Waals surface area contributed by atoms with Crippen molar-refractivity contribution >= 4 is 23.3 Å². The SMILES string of the molecule is CCc1cc(C)cc(CC)c1C1C(=O)[C@@H]2[C@@H]3O[C@@H](C[C@H]3c3ccc(SC)cc3)[C@@H]2C1=O. The molecule has 0 aromatic heterocycles. The number of rotatable bonds is 5. The molecular formula is C27H30O3S. The van der Waals surface area contributed by atoms with Crippen molar-refractivity contribution in [2.45, 2.75) is 69.0 Å². The van der Waals surface area contributed by atoms with Crippen LogP contribution in [0, 0.1) is 18.8 Å². The fraction of sp³-hybridized carbons (Fsp3) is 0.481. The Labute approximate surface area is 189 Å². The van der Waals surface area contributed by atoms with Gasteiger partial charge in [0.05, 0.1) is 24.0 Å². The molecule has 0 spiro atoms. The number of benzene rings is 2. The molecule has 0 amide bonds. The Morgan fingerprint density at radius 2 is 1.58 bits per heavy atom. The van der Waals surface area contributed by atoms with Crippen LogP contribution in [-0.4, -0.2) is 30.0 Å². The minimum Gasteiger partial charge on any atom is -0.373 e. The van der Waals surface area contributed by atoms with Gasteiger partial charge in [0, 0.05) is 10.8 Å². The van der Waals surface area contributed by atoms with Gasteiger partial charge in [0.15, 0.2) is 11.6 Å². The fourth-order valence-corrected chi connectivity index (χ4v) is 6.74. The van der Waals surface area contributed by atoms with Crippen LogP contribution >= 0.6 is 11.8 Å². The minimum absolute atomic E-state index is 0.0983. The van der Waals surface area contributed by atoms with Crippen LogP contribution in [0.1, 0.15) is 59.9 Å². The topological polar surface area (TPSA) is 43.4 Å². The first-order valence-electron chi connectivity index (χ1n) is 11.5. The highest BCUT2D eigenvalue weighted by molar-refractivity contribution is 7.98. The zero-order valence-corrected chi connectivity index (χ0v) is 19.5. The first-order chi connectivity index (χ1) is 15.0. The first kappa shape index (κ1) is 21.0. The molecule has 2 aromatic carbocycles. The van der Waals surface area contributed by atoms with Crippen LogP contribution in [-0.2, 0) is 27.2 Å². The van der Waals surface area contributed by atoms with E-state index in [1.807, 2.05) is 0 Å². The minimum atomic E-state index is -0.605. The third-order valence-corrected chi connectivity index (χ3v) is 8.42. The number of aryl methyl sites for hydroxylation is 3. The number of carbonyl (C=O) groups excluding carboxylic acids is 2. The number of Topliss-reactive ketones (excluding diaryl/α,β-unsaturated/α-hetero) is 2. The monoisotopic (exact) mass is 434 g/mol. The van der Waals surface area contributed by atoms with E-state index in [0.717, 1.165) is 36.0 Å². The van der Waals surface area contributed by atoms with Gasteiger partial charge in [-0.2, -0.15) is 0 Å². The Bertz CT molecular complexity index is 1020. The van der Waals surface area contributed by atoms with Gasteiger partial charge in [0.2, 0.25) is 0 Å². The normalized spacial score (nSPS) is 31.5. The van der Waals surface area contributed by atoms with Crippen LogP contribution in [0.2, 0.25) is 0 Å². The molecule has 4 heteroatoms. The number of thioether (sulfide) groups is 1. The Hall–Kier alpha value is -1.91. The molecule has 6 atom stereocenters. The maximum atomic E-state index is 13.8. The van der Waals surface area contributed by atoms with Gasteiger partial charge in [0.25, 0.3) is 0 Å². The quantitative estimate of drug-likeness (QED) is 0.475. The summed E-state index contributed by atoms with van der Waals surface area (Å²) in [5.41, 5.74) is 5.74. The van der Waals surface area contributed by atoms with Crippen molar-refractivity contribution in [3.05, 3.63) is 64.2 Å². The van der Waals surface area contributed by atoms with Gasteiger partial charge in [-0.1, -0.05) is 43.7 Å². The van der Waals surface area contributed by atoms with E-state index in [4.69, 9.17) is 4.74 Å². The van der Waals surface area contributed by atoms with Crippen molar-refractivity contribution < 1.29 is 14.3 Å². The standard InChI is InChI=1S/C27H30O3S/c1-5-15-11-14(3)12-16(6-2)21(15)23-25(28)22-20-13-19(27(30-20)24(22)26(23)29)17-7-9-18(31-4)10-8-17/h7-12,19-20,22-24,27H,5-6,13H2,1-4H3/t19-,20-,22-,23?,24+,27+/m0/s1. The van der Waals surface area contributed by atoms with Crippen LogP contribution in [0.3, 0.4) is 0 Å². The van der Waals surface area contributed by atoms with Crippen molar-refractivity contribution in [1.82, 2.24) is 0 Å². The first-order valence-corrected chi connectivity index (χ1v) is 12.7. The summed E-state index contributed by atoms with van der Waals surface area (Å²) in [5.74, 6) is -0.760. The highest BCUT2D eigenvalue weighted by Gasteiger charge is 2.66. The van der Waals surface area contributed by atoms with Crippen molar-refractivity contribution in [3.63, 3.8) is 0 Å². The highest BCUT2D eigenvalue weighted by Crippen LogP contribution is 2.57. The molecule has 2 aliphatic heterocycles. The molecular weight excluding hydrogens is 404 g/mol. The lowest BCUT2D eigenvalue weighted by Crippen LogP contribution is -2.34. The van der Waals surface area contributed by atoms with Crippen molar-refractivity contribution in [2.75, 3.05) is 6.26 Å². The Morgan fingerprint density at radius 1 is 0.968 bits per heavy atom. The number of ketones is 2. The molecule has 31 heavy (non-hydrogen) atoms. The van der Waals surface area contributed by atoms with E-state index in [1.54, 1.807) is 11.8 Å². The largest absolute Gasteiger partial charge is 0.373 e. The molecule has 0 radical (unpaired) electrons. The summed E-state index contributed by atoms with van der Waals surface area (Å²) in [5, 5.41) is 0. The van der Waals surface area contributed by atoms with E-state index >= 15 is 0 Å². The van der Waals surface area contributed by atoms with Crippen LogP contribution in [0.15, 0.2) is 41.3 Å². The predicted octanol–water partition coefficient (Wildman–Crippen LogP) is 5.26. The van der Waals surface area contributed by atoms with E-state index in [9.17, 15) is 9.59 Å². The average molecular weight is 435 g/mol. The summed E-state index contributed by atoms with van der Waals surface area (Å²) in [4.78, 5) is 28.6. The zero-order chi connectivity index (χ0) is 21.9. The van der Waals surface area contributed by atoms with Crippen LogP contribution in [0.25, 0.3) is 0 Å². The molecule has 3 fully saturated rings. The van der Waals surface area contributed by atoms with E-state index in [1.165, 1.54) is 16.0 Å². The second-order valence-corrected chi connectivity index (χ2v) is 10.1. The van der Waals surface area contributed by atoms with Gasteiger partial charge in [0.1, 0.15) is 5.92 Å². The number of fused-ring (bicyclic) bond motifs is 5. The third kappa shape index (κ3) is 3.14. The third-order valence-electron chi connectivity index (χ3n) is 7.67. The number of hydrogen-bond donors (Lipinski definition) is 0. The molecule has 2 bridgehead atoms. The van der Waals surface area contributed by atoms with Crippen molar-refractivity contribution in [1.29, 1.82) is 0 Å². The lowest BCUT2D eigenvalue weighted by Gasteiger charge is -2.26. The van der Waals surface area contributed by atoms with E-state index in [2.05, 4.69) is 63.4 Å². The van der Waals surface area contributed by atoms with Crippen molar-refractivity contribution in [2.24, 2.45) is 11.8 Å². The molecule has 1 saturated carbocycles. The summed E-state index contributed by atoms with van der Waals surface area (Å²) in [6, 6.07) is 12.9. The predicted molar refractivity (Wildman–Crippen MR) is 124 cm³/mol. The highest BCUT2D eigenvalue weighted by atomic mass is 32.2. The lowest BCUT2D eigenvalue weighted by atomic mass is 9.73. The molecule has 162 valence electrons. The van der Waals surface area contributed by atoms with E-state index in [0.29, 0.717) is 0 Å². The van der Waals surface area contributed by atoms with E-state index < -0.39 is 5.92 Å². The molecule has 2 heterocycles. The second-order valence-electron chi connectivity index (χ2n) is 9.25. The van der Waals surface area contributed by atoms with Crippen LogP contribution in [0.5, 0.6) is 0 Å².